The molecule has 2 atom stereocenters. The minimum atomic E-state index is -4.55. The fourth-order valence-electron chi connectivity index (χ4n) is 7.19. The Bertz CT molecular complexity index is 3400. The van der Waals surface area contributed by atoms with Crippen LogP contribution in [0.25, 0.3) is 16.9 Å². The van der Waals surface area contributed by atoms with E-state index in [2.05, 4.69) is 45.7 Å². The number of nitrogens with zero attached hydrogens (tertiary/aromatic N) is 7. The second-order valence-corrected chi connectivity index (χ2v) is 16.7. The number of rotatable bonds is 6. The summed E-state index contributed by atoms with van der Waals surface area (Å²) in [6.45, 7) is 0.822. The molecule has 2 aliphatic heterocycles. The molecule has 18 nitrogen and oxygen atoms in total. The van der Waals surface area contributed by atoms with Gasteiger partial charge in [-0.15, -0.1) is 0 Å². The molecule has 0 bridgehead atoms. The van der Waals surface area contributed by atoms with Crippen LogP contribution in [0.5, 0.6) is 0 Å². The van der Waals surface area contributed by atoms with E-state index in [9.17, 15) is 81.0 Å². The van der Waals surface area contributed by atoms with Crippen molar-refractivity contribution in [3.63, 3.8) is 0 Å². The number of nitrogens with one attached hydrogen (secondary N) is 1. The van der Waals surface area contributed by atoms with Crippen molar-refractivity contribution in [3.05, 3.63) is 167 Å². The molecule has 7 aromatic rings. The summed E-state index contributed by atoms with van der Waals surface area (Å²) < 4.78 is 176. The van der Waals surface area contributed by atoms with Crippen molar-refractivity contribution in [1.29, 1.82) is 0 Å². The number of esters is 2. The molecule has 2 aliphatic rings. The van der Waals surface area contributed by atoms with Gasteiger partial charge in [0.05, 0.1) is 41.8 Å². The third kappa shape index (κ3) is 18.3. The van der Waals surface area contributed by atoms with Crippen molar-refractivity contribution < 1.29 is 131 Å². The van der Waals surface area contributed by atoms with Crippen LogP contribution < -0.4 is 40.6 Å². The van der Waals surface area contributed by atoms with E-state index in [0.717, 1.165) is 51.9 Å². The maximum Gasteiger partial charge on any atom is 1.00 e. The second-order valence-electron chi connectivity index (χ2n) is 16.1. The Labute approximate surface area is 485 Å². The van der Waals surface area contributed by atoms with Crippen LogP contribution in [0.3, 0.4) is 0 Å². The number of fused-ring (bicyclic) bond motifs is 3. The van der Waals surface area contributed by atoms with E-state index < -0.39 is 94.1 Å². The third-order valence-corrected chi connectivity index (χ3v) is 11.3. The number of carbonyl (C=O) groups excluding carboxylic acids is 4. The first-order valence-electron chi connectivity index (χ1n) is 22.0. The molecule has 1 fully saturated rings. The number of imidazole rings is 3. The summed E-state index contributed by atoms with van der Waals surface area (Å²) >= 11 is 2.81. The fourth-order valence-corrected chi connectivity index (χ4v) is 7.42. The van der Waals surface area contributed by atoms with Crippen LogP contribution >= 0.6 is 15.9 Å². The van der Waals surface area contributed by atoms with Gasteiger partial charge >= 0.3 is 72.2 Å². The number of Topliss-reactive ketones (excluding diaryl/α,β-unsaturated/α-hetero) is 1. The van der Waals surface area contributed by atoms with E-state index in [0.29, 0.717) is 19.5 Å². The number of benzene rings is 1. The Morgan fingerprint density at radius 1 is 0.707 bits per heavy atom. The zero-order valence-electron chi connectivity index (χ0n) is 41.7. The van der Waals surface area contributed by atoms with Gasteiger partial charge in [-0.3, -0.25) is 9.59 Å². The number of alkyl halides is 13. The van der Waals surface area contributed by atoms with E-state index in [-0.39, 0.29) is 82.2 Å². The minimum absolute atomic E-state index is 0. The van der Waals surface area contributed by atoms with Gasteiger partial charge in [0.1, 0.15) is 34.6 Å². The number of hydrogen-bond donors (Lipinski definition) is 3. The van der Waals surface area contributed by atoms with Crippen molar-refractivity contribution in [2.75, 3.05) is 32.6 Å². The number of ketones is 1. The molecule has 1 aromatic carbocycles. The smallest absolute Gasteiger partial charge is 0.870 e. The van der Waals surface area contributed by atoms with Crippen LogP contribution in [0.2, 0.25) is 0 Å². The van der Waals surface area contributed by atoms with Crippen LogP contribution in [0, 0.1) is 5.82 Å². The molecule has 6 aromatic heterocycles. The zero-order valence-corrected chi connectivity index (χ0v) is 45.3. The van der Waals surface area contributed by atoms with Crippen LogP contribution in [-0.2, 0) is 37.6 Å². The maximum atomic E-state index is 13.4. The monoisotopic (exact) mass is 1250 g/mol. The van der Waals surface area contributed by atoms with Gasteiger partial charge in [-0.25, -0.2) is 33.7 Å². The summed E-state index contributed by atoms with van der Waals surface area (Å²) in [6.07, 6.45) is -7.18. The number of carbonyl (C=O) groups is 5. The van der Waals surface area contributed by atoms with Gasteiger partial charge in [-0.05, 0) is 78.9 Å². The number of carboxylic acids is 1. The van der Waals surface area contributed by atoms with Gasteiger partial charge in [0.25, 0.3) is 5.91 Å². The molecule has 5 N–H and O–H groups in total. The Hall–Kier alpha value is -7.39. The first kappa shape index (κ1) is 70.7. The quantitative estimate of drug-likeness (QED) is 0.0511. The number of aromatic nitrogens is 6. The van der Waals surface area contributed by atoms with Gasteiger partial charge in [-0.1, -0.05) is 35.5 Å². The molecule has 438 valence electrons. The topological polar surface area (TPSA) is 247 Å². The Morgan fingerprint density at radius 2 is 1.17 bits per heavy atom. The predicted octanol–water partition coefficient (Wildman–Crippen LogP) is 6.78. The SMILES string of the molecule is C.COC(=O)C(=O)CBr.COC(=O)c1cn2cccc(C(F)(F)F)c2n1.NC1NC=CC=C1C(F)(F)F.O=C(O)c1cn2cccc(C(F)(F)F)c2n1.O=C(c1cn2cccc(C(F)(F)F)c2n1)N1CCC(c2cccc(F)c2)C1.[Na+].[OH-]. The summed E-state index contributed by atoms with van der Waals surface area (Å²) in [5, 5.41) is 11.0. The molecular weight excluding hydrogens is 1210 g/mol. The van der Waals surface area contributed by atoms with Crippen LogP contribution in [0.15, 0.2) is 122 Å². The van der Waals surface area contributed by atoms with Crippen molar-refractivity contribution in [3.8, 4) is 0 Å². The molecule has 9 rings (SSSR count). The van der Waals surface area contributed by atoms with Crippen LogP contribution in [0.1, 0.15) is 73.5 Å². The first-order valence-corrected chi connectivity index (χ1v) is 23.1. The zero-order chi connectivity index (χ0) is 58.8. The Morgan fingerprint density at radius 3 is 1.56 bits per heavy atom. The average molecular weight is 1250 g/mol. The van der Waals surface area contributed by atoms with Crippen molar-refractivity contribution in [2.24, 2.45) is 5.73 Å². The van der Waals surface area contributed by atoms with Gasteiger partial charge in [0.15, 0.2) is 11.4 Å². The summed E-state index contributed by atoms with van der Waals surface area (Å²) in [5.74, 6) is -4.27. The molecule has 0 aliphatic carbocycles. The number of allylic oxidation sites excluding steroid dienone is 2. The van der Waals surface area contributed by atoms with Gasteiger partial charge in [0, 0.05) is 56.2 Å². The van der Waals surface area contributed by atoms with E-state index >= 15 is 0 Å². The van der Waals surface area contributed by atoms with Crippen LogP contribution in [-0.4, -0.2) is 118 Å². The number of halogens is 14. The fraction of sp³-hybridized carbons (Fsp3) is 0.265. The van der Waals surface area contributed by atoms with Crippen molar-refractivity contribution in [1.82, 2.24) is 38.4 Å². The van der Waals surface area contributed by atoms with Crippen LogP contribution in [0.4, 0.5) is 57.1 Å². The number of pyridine rings is 3. The number of carboxylic acid groups (broad SMARTS) is 1. The molecule has 1 amide bonds. The standard InChI is InChI=1S/C19H15F4N3O.C10H7F3N2O2.C9H5F3N2O2.C6H7F3N2.C4H5BrO3.CH4.Na.H2O/c20-14-4-1-3-12(9-14)13-6-8-26(10-13)18(27)16-11-25-7-2-5-15(17(25)24-16)19(21,22)23;1-17-9(16)7-5-15-4-2-3-6(8(15)14-7)10(11,12)13;10-9(11,12)5-2-1-3-14-4-6(8(15)16)13-7(5)14;7-6(8,9)4-2-1-3-11-5(4)10;1-8-4(7)3(6)2-5;;;/h1-5,7,9,11,13H,6,8,10H2;2-5H,1H3;1-4H,(H,15,16);1-3,5,11H,10H2;2H2,1H3;1H4;;1H2/q;;;;;;+1;/p-1. The van der Waals surface area contributed by atoms with Gasteiger partial charge in [-0.2, -0.15) is 52.7 Å². The predicted molar refractivity (Wildman–Crippen MR) is 262 cm³/mol. The number of likely N-dealkylation sites (tertiary alicyclic amines) is 1. The third-order valence-electron chi connectivity index (χ3n) is 10.8. The summed E-state index contributed by atoms with van der Waals surface area (Å²) in [4.78, 5) is 67.3. The number of nitrogens with two attached hydrogens (primary N) is 1. The van der Waals surface area contributed by atoms with E-state index in [1.807, 2.05) is 6.07 Å². The minimum Gasteiger partial charge on any atom is -0.870 e. The number of methoxy groups -OCH3 is 2. The second kappa shape index (κ2) is 29.5. The first-order chi connectivity index (χ1) is 36.9. The summed E-state index contributed by atoms with van der Waals surface area (Å²) in [5.41, 5.74) is 0.790. The molecule has 1 saturated heterocycles. The molecule has 33 heteroatoms. The van der Waals surface area contributed by atoms with E-state index in [4.69, 9.17) is 10.8 Å². The molecular formula is C49H44BrF13N9NaO9. The summed E-state index contributed by atoms with van der Waals surface area (Å²) in [7, 11) is 2.31. The molecule has 0 spiro atoms. The number of aromatic carboxylic acids is 1. The van der Waals surface area contributed by atoms with Gasteiger partial charge < -0.3 is 49.2 Å². The number of hydrogen-bond acceptors (Lipinski definition) is 13. The van der Waals surface area contributed by atoms with Gasteiger partial charge in [0.2, 0.25) is 5.78 Å². The number of ether oxygens (including phenoxy) is 2. The van der Waals surface area contributed by atoms with Crippen molar-refractivity contribution >= 4 is 62.5 Å². The summed E-state index contributed by atoms with van der Waals surface area (Å²) in [6, 6.07) is 12.6. The van der Waals surface area contributed by atoms with E-state index in [1.165, 1.54) is 85.1 Å². The molecule has 0 radical (unpaired) electrons. The Balaban J connectivity index is 0.000000368. The number of dihydropyridines is 1. The average Bonchev–Trinajstić information content (AvgIpc) is 4.23. The Kier molecular flexibility index (Phi) is 25.5. The maximum absolute atomic E-state index is 13.4. The molecule has 82 heavy (non-hydrogen) atoms. The molecule has 8 heterocycles. The number of amides is 1. The normalized spacial score (nSPS) is 14.6. The molecule has 0 saturated carbocycles. The largest absolute Gasteiger partial charge is 1.00 e. The molecule has 2 unspecified atom stereocenters. The van der Waals surface area contributed by atoms with Crippen molar-refractivity contribution in [2.45, 2.75) is 50.6 Å². The van der Waals surface area contributed by atoms with E-state index in [1.54, 1.807) is 11.0 Å².